The molecule has 0 unspecified atom stereocenters. The molecule has 2 rings (SSSR count). The molecule has 0 aliphatic heterocycles. The molecule has 7 heteroatoms. The molecule has 0 amide bonds. The standard InChI is InChI=1S/C13H9ClF4N2/c14-7-1-3-12(10(15)5-7)20-11-4-2-8(19)6-9(11)13(16,17)18/h1-6,20H,19H2. The van der Waals surface area contributed by atoms with Crippen molar-refractivity contribution in [2.24, 2.45) is 0 Å². The van der Waals surface area contributed by atoms with Gasteiger partial charge in [0.1, 0.15) is 5.82 Å². The Kier molecular flexibility index (Phi) is 3.76. The number of hydrogen-bond acceptors (Lipinski definition) is 2. The maximum absolute atomic E-state index is 13.6. The molecule has 0 radical (unpaired) electrons. The van der Waals surface area contributed by atoms with Gasteiger partial charge in [-0.15, -0.1) is 0 Å². The van der Waals surface area contributed by atoms with E-state index < -0.39 is 17.6 Å². The van der Waals surface area contributed by atoms with Crippen molar-refractivity contribution in [2.75, 3.05) is 11.1 Å². The summed E-state index contributed by atoms with van der Waals surface area (Å²) in [4.78, 5) is 0. The van der Waals surface area contributed by atoms with Crippen LogP contribution in [0.4, 0.5) is 34.6 Å². The summed E-state index contributed by atoms with van der Waals surface area (Å²) in [7, 11) is 0. The van der Waals surface area contributed by atoms with E-state index in [0.29, 0.717) is 0 Å². The minimum Gasteiger partial charge on any atom is -0.399 e. The van der Waals surface area contributed by atoms with Crippen molar-refractivity contribution in [3.8, 4) is 0 Å². The zero-order valence-corrected chi connectivity index (χ0v) is 10.7. The minimum absolute atomic E-state index is 0.0283. The van der Waals surface area contributed by atoms with Crippen molar-refractivity contribution in [3.05, 3.63) is 52.8 Å². The quantitative estimate of drug-likeness (QED) is 0.616. The number of nitrogen functional groups attached to an aromatic ring is 1. The highest BCUT2D eigenvalue weighted by atomic mass is 35.5. The van der Waals surface area contributed by atoms with Gasteiger partial charge in [-0.05, 0) is 36.4 Å². The molecule has 2 aromatic rings. The fourth-order valence-electron chi connectivity index (χ4n) is 1.64. The van der Waals surface area contributed by atoms with E-state index in [4.69, 9.17) is 17.3 Å². The summed E-state index contributed by atoms with van der Waals surface area (Å²) < 4.78 is 52.2. The Morgan fingerprint density at radius 1 is 1.00 bits per heavy atom. The smallest absolute Gasteiger partial charge is 0.399 e. The number of halogens is 5. The summed E-state index contributed by atoms with van der Waals surface area (Å²) in [5.74, 6) is -0.748. The van der Waals surface area contributed by atoms with Gasteiger partial charge in [0.15, 0.2) is 0 Å². The molecule has 0 saturated carbocycles. The summed E-state index contributed by atoms with van der Waals surface area (Å²) in [6.45, 7) is 0. The van der Waals surface area contributed by atoms with E-state index in [1.807, 2.05) is 0 Å². The predicted molar refractivity (Wildman–Crippen MR) is 70.5 cm³/mol. The third-order valence-electron chi connectivity index (χ3n) is 2.55. The summed E-state index contributed by atoms with van der Waals surface area (Å²) in [6, 6.07) is 6.87. The minimum atomic E-state index is -4.60. The van der Waals surface area contributed by atoms with Gasteiger partial charge in [0.2, 0.25) is 0 Å². The van der Waals surface area contributed by atoms with Crippen LogP contribution in [0.5, 0.6) is 0 Å². The van der Waals surface area contributed by atoms with Gasteiger partial charge in [-0.25, -0.2) is 4.39 Å². The first-order chi connectivity index (χ1) is 9.27. The molecule has 0 aliphatic carbocycles. The van der Waals surface area contributed by atoms with Gasteiger partial charge in [-0.3, -0.25) is 0 Å². The third kappa shape index (κ3) is 3.14. The second kappa shape index (κ2) is 5.20. The molecular weight excluding hydrogens is 296 g/mol. The molecule has 0 aliphatic rings. The van der Waals surface area contributed by atoms with Gasteiger partial charge in [-0.2, -0.15) is 13.2 Å². The van der Waals surface area contributed by atoms with Crippen LogP contribution in [0.1, 0.15) is 5.56 Å². The molecular formula is C13H9ClF4N2. The number of nitrogens with two attached hydrogens (primary N) is 1. The Hall–Kier alpha value is -1.95. The van der Waals surface area contributed by atoms with E-state index in [1.54, 1.807) is 0 Å². The number of rotatable bonds is 2. The first kappa shape index (κ1) is 14.5. The van der Waals surface area contributed by atoms with E-state index in [-0.39, 0.29) is 22.1 Å². The molecule has 0 fully saturated rings. The molecule has 0 spiro atoms. The Balaban J connectivity index is 2.43. The topological polar surface area (TPSA) is 38.0 Å². The Bertz CT molecular complexity index is 641. The van der Waals surface area contributed by atoms with Gasteiger partial charge in [0.25, 0.3) is 0 Å². The average Bonchev–Trinajstić information content (AvgIpc) is 2.33. The van der Waals surface area contributed by atoms with Crippen molar-refractivity contribution in [2.45, 2.75) is 6.18 Å². The highest BCUT2D eigenvalue weighted by Crippen LogP contribution is 2.37. The normalized spacial score (nSPS) is 11.4. The molecule has 106 valence electrons. The molecule has 0 aromatic heterocycles. The molecule has 0 saturated heterocycles. The van der Waals surface area contributed by atoms with Crippen LogP contribution in [-0.2, 0) is 6.18 Å². The molecule has 3 N–H and O–H groups in total. The van der Waals surface area contributed by atoms with E-state index >= 15 is 0 Å². The lowest BCUT2D eigenvalue weighted by molar-refractivity contribution is -0.136. The van der Waals surface area contributed by atoms with Crippen molar-refractivity contribution in [1.29, 1.82) is 0 Å². The lowest BCUT2D eigenvalue weighted by Gasteiger charge is -2.15. The van der Waals surface area contributed by atoms with Crippen LogP contribution in [-0.4, -0.2) is 0 Å². The first-order valence-corrected chi connectivity index (χ1v) is 5.84. The van der Waals surface area contributed by atoms with Crippen molar-refractivity contribution in [1.82, 2.24) is 0 Å². The highest BCUT2D eigenvalue weighted by molar-refractivity contribution is 6.30. The maximum atomic E-state index is 13.6. The fraction of sp³-hybridized carbons (Fsp3) is 0.0769. The molecule has 0 bridgehead atoms. The summed E-state index contributed by atoms with van der Waals surface area (Å²) in [5.41, 5.74) is 3.96. The van der Waals surface area contributed by atoms with E-state index in [0.717, 1.165) is 18.2 Å². The molecule has 2 nitrogen and oxygen atoms in total. The van der Waals surface area contributed by atoms with Crippen molar-refractivity contribution in [3.63, 3.8) is 0 Å². The van der Waals surface area contributed by atoms with Crippen LogP contribution in [0, 0.1) is 5.82 Å². The largest absolute Gasteiger partial charge is 0.418 e. The number of benzene rings is 2. The molecule has 2 aromatic carbocycles. The summed E-state index contributed by atoms with van der Waals surface area (Å²) >= 11 is 5.58. The number of anilines is 3. The monoisotopic (exact) mass is 304 g/mol. The van der Waals surface area contributed by atoms with Crippen molar-refractivity contribution >= 4 is 28.7 Å². The Morgan fingerprint density at radius 2 is 1.65 bits per heavy atom. The van der Waals surface area contributed by atoms with Crippen LogP contribution in [0.25, 0.3) is 0 Å². The van der Waals surface area contributed by atoms with Crippen LogP contribution < -0.4 is 11.1 Å². The van der Waals surface area contributed by atoms with Crippen LogP contribution in [0.3, 0.4) is 0 Å². The molecule has 20 heavy (non-hydrogen) atoms. The molecule has 0 heterocycles. The third-order valence-corrected chi connectivity index (χ3v) is 2.78. The molecule has 0 atom stereocenters. The lowest BCUT2D eigenvalue weighted by Crippen LogP contribution is -2.10. The van der Waals surface area contributed by atoms with Gasteiger partial charge in [-0.1, -0.05) is 11.6 Å². The van der Waals surface area contributed by atoms with E-state index in [9.17, 15) is 17.6 Å². The SMILES string of the molecule is Nc1ccc(Nc2ccc(Cl)cc2F)c(C(F)(F)F)c1. The van der Waals surface area contributed by atoms with Gasteiger partial charge >= 0.3 is 6.18 Å². The lowest BCUT2D eigenvalue weighted by atomic mass is 10.1. The van der Waals surface area contributed by atoms with Crippen LogP contribution in [0.15, 0.2) is 36.4 Å². The number of hydrogen-bond donors (Lipinski definition) is 2. The number of alkyl halides is 3. The zero-order chi connectivity index (χ0) is 14.9. The Labute approximate surface area is 117 Å². The van der Waals surface area contributed by atoms with Crippen LogP contribution in [0.2, 0.25) is 5.02 Å². The Morgan fingerprint density at radius 3 is 2.25 bits per heavy atom. The zero-order valence-electron chi connectivity index (χ0n) is 9.93. The van der Waals surface area contributed by atoms with Crippen LogP contribution >= 0.6 is 11.6 Å². The van der Waals surface area contributed by atoms with E-state index in [2.05, 4.69) is 5.32 Å². The summed E-state index contributed by atoms with van der Waals surface area (Å²) in [5, 5.41) is 2.55. The number of nitrogens with one attached hydrogen (secondary N) is 1. The fourth-order valence-corrected chi connectivity index (χ4v) is 1.80. The average molecular weight is 305 g/mol. The summed E-state index contributed by atoms with van der Waals surface area (Å²) in [6.07, 6.45) is -4.60. The predicted octanol–water partition coefficient (Wildman–Crippen LogP) is 4.82. The van der Waals surface area contributed by atoms with Gasteiger partial charge in [0.05, 0.1) is 16.9 Å². The van der Waals surface area contributed by atoms with Crippen molar-refractivity contribution < 1.29 is 17.6 Å². The first-order valence-electron chi connectivity index (χ1n) is 5.46. The second-order valence-electron chi connectivity index (χ2n) is 4.05. The van der Waals surface area contributed by atoms with Gasteiger partial charge in [0, 0.05) is 10.7 Å². The highest BCUT2D eigenvalue weighted by Gasteiger charge is 2.33. The van der Waals surface area contributed by atoms with E-state index in [1.165, 1.54) is 18.2 Å². The van der Waals surface area contributed by atoms with Gasteiger partial charge < -0.3 is 11.1 Å². The second-order valence-corrected chi connectivity index (χ2v) is 4.49. The maximum Gasteiger partial charge on any atom is 0.418 e.